The van der Waals surface area contributed by atoms with Crippen molar-refractivity contribution in [2.45, 2.75) is 119 Å². The summed E-state index contributed by atoms with van der Waals surface area (Å²) in [5.41, 5.74) is -0.274. The molecular formula is C35H49N3O4. The molecule has 4 aliphatic carbocycles. The topological polar surface area (TPSA) is 106 Å². The van der Waals surface area contributed by atoms with Crippen molar-refractivity contribution in [3.63, 3.8) is 0 Å². The summed E-state index contributed by atoms with van der Waals surface area (Å²) in [5.74, 6) is 1.59. The average Bonchev–Trinajstić information content (AvgIpc) is 3.37. The van der Waals surface area contributed by atoms with Crippen molar-refractivity contribution in [2.75, 3.05) is 7.11 Å². The summed E-state index contributed by atoms with van der Waals surface area (Å²) < 4.78 is 11.6. The van der Waals surface area contributed by atoms with Gasteiger partial charge in [-0.05, 0) is 92.4 Å². The standard InChI is InChI=1S/C35H49N3O4/c1-22(39)16-26-33(7)17-23(20-36)28(40)31(4,5)25(33)10-11-34(26,8)32(6)13-15-35(29-38-37-27(42-29)21-41-9)14-12-30(2,3)18-24(35)19-32/h16-17,24-25H,10-15,18-19,21H2,1-9H3/b26-16-/t24?,25-,32+,33-,34+,35-/m0/s1. The fourth-order valence-electron chi connectivity index (χ4n) is 10.0. The molecule has 5 rings (SSSR count). The van der Waals surface area contributed by atoms with E-state index in [0.717, 1.165) is 62.8 Å². The maximum Gasteiger partial charge on any atom is 0.242 e. The zero-order chi connectivity index (χ0) is 30.9. The van der Waals surface area contributed by atoms with Crippen molar-refractivity contribution < 1.29 is 18.7 Å². The number of aromatic nitrogens is 2. The number of allylic oxidation sites excluding steroid dienone is 4. The van der Waals surface area contributed by atoms with E-state index in [-0.39, 0.29) is 44.7 Å². The lowest BCUT2D eigenvalue weighted by Crippen LogP contribution is -2.59. The Balaban J connectivity index is 1.61. The largest absolute Gasteiger partial charge is 0.422 e. The first kappa shape index (κ1) is 30.9. The van der Waals surface area contributed by atoms with Gasteiger partial charge in [0.05, 0.1) is 11.0 Å². The van der Waals surface area contributed by atoms with Gasteiger partial charge in [0.1, 0.15) is 12.7 Å². The Kier molecular flexibility index (Phi) is 7.33. The van der Waals surface area contributed by atoms with Gasteiger partial charge in [-0.1, -0.05) is 60.1 Å². The zero-order valence-electron chi connectivity index (χ0n) is 27.1. The van der Waals surface area contributed by atoms with E-state index in [1.54, 1.807) is 14.0 Å². The monoisotopic (exact) mass is 575 g/mol. The van der Waals surface area contributed by atoms with E-state index in [4.69, 9.17) is 9.15 Å². The Morgan fingerprint density at radius 3 is 2.40 bits per heavy atom. The van der Waals surface area contributed by atoms with Gasteiger partial charge in [0.25, 0.3) is 0 Å². The van der Waals surface area contributed by atoms with Crippen LogP contribution in [0.15, 0.2) is 27.7 Å². The maximum absolute atomic E-state index is 13.4. The predicted octanol–water partition coefficient (Wildman–Crippen LogP) is 7.47. The number of methoxy groups -OCH3 is 1. The highest BCUT2D eigenvalue weighted by Gasteiger charge is 2.65. The third kappa shape index (κ3) is 4.46. The Labute approximate surface area is 251 Å². The van der Waals surface area contributed by atoms with Gasteiger partial charge in [0.2, 0.25) is 11.8 Å². The summed E-state index contributed by atoms with van der Waals surface area (Å²) in [5, 5.41) is 18.9. The number of nitriles is 1. The lowest BCUT2D eigenvalue weighted by atomic mass is 9.38. The molecule has 0 radical (unpaired) electrons. The zero-order valence-corrected chi connectivity index (χ0v) is 27.1. The minimum absolute atomic E-state index is 0.0174. The molecule has 0 saturated heterocycles. The number of hydrogen-bond acceptors (Lipinski definition) is 7. The van der Waals surface area contributed by atoms with Crippen molar-refractivity contribution >= 4 is 11.6 Å². The minimum Gasteiger partial charge on any atom is -0.422 e. The second-order valence-electron chi connectivity index (χ2n) is 16.0. The fourth-order valence-corrected chi connectivity index (χ4v) is 10.0. The molecular weight excluding hydrogens is 526 g/mol. The molecule has 7 nitrogen and oxygen atoms in total. The number of hydrogen-bond donors (Lipinski definition) is 0. The van der Waals surface area contributed by atoms with Gasteiger partial charge in [0, 0.05) is 17.9 Å². The van der Waals surface area contributed by atoms with E-state index < -0.39 is 10.8 Å². The summed E-state index contributed by atoms with van der Waals surface area (Å²) in [6.07, 6.45) is 11.7. The van der Waals surface area contributed by atoms with Crippen LogP contribution in [0, 0.1) is 50.2 Å². The van der Waals surface area contributed by atoms with Crippen molar-refractivity contribution in [3.05, 3.63) is 35.1 Å². The normalized spacial score (nSPS) is 40.0. The van der Waals surface area contributed by atoms with Gasteiger partial charge in [-0.15, -0.1) is 10.2 Å². The second-order valence-corrected chi connectivity index (χ2v) is 16.0. The average molecular weight is 576 g/mol. The Morgan fingerprint density at radius 1 is 1.07 bits per heavy atom. The Morgan fingerprint density at radius 2 is 1.76 bits per heavy atom. The maximum atomic E-state index is 13.4. The smallest absolute Gasteiger partial charge is 0.242 e. The van der Waals surface area contributed by atoms with Gasteiger partial charge in [-0.2, -0.15) is 5.26 Å². The molecule has 1 aromatic rings. The first-order valence-electron chi connectivity index (χ1n) is 15.7. The highest BCUT2D eigenvalue weighted by molar-refractivity contribution is 6.04. The molecule has 1 aromatic heterocycles. The van der Waals surface area contributed by atoms with Crippen LogP contribution in [0.1, 0.15) is 119 Å². The van der Waals surface area contributed by atoms with Gasteiger partial charge in [0.15, 0.2) is 11.6 Å². The molecule has 3 fully saturated rings. The number of Topliss-reactive ketones (excluding diaryl/α,β-unsaturated/α-hetero) is 1. The lowest BCUT2D eigenvalue weighted by Gasteiger charge is -2.65. The molecule has 0 bridgehead atoms. The van der Waals surface area contributed by atoms with E-state index >= 15 is 0 Å². The quantitative estimate of drug-likeness (QED) is 0.335. The number of ether oxygens (including phenoxy) is 1. The van der Waals surface area contributed by atoms with E-state index in [9.17, 15) is 14.9 Å². The second kappa shape index (κ2) is 9.97. The van der Waals surface area contributed by atoms with E-state index in [1.807, 2.05) is 26.0 Å². The van der Waals surface area contributed by atoms with Crippen LogP contribution in [0.4, 0.5) is 0 Å². The molecule has 0 aromatic carbocycles. The number of nitrogens with zero attached hydrogens (tertiary/aromatic N) is 3. The summed E-state index contributed by atoms with van der Waals surface area (Å²) in [7, 11) is 1.64. The molecule has 1 unspecified atom stereocenters. The molecule has 228 valence electrons. The highest BCUT2D eigenvalue weighted by Crippen LogP contribution is 2.71. The van der Waals surface area contributed by atoms with Crippen molar-refractivity contribution in [2.24, 2.45) is 38.9 Å². The third-order valence-corrected chi connectivity index (χ3v) is 12.6. The summed E-state index contributed by atoms with van der Waals surface area (Å²) in [6.45, 7) is 17.6. The molecule has 0 amide bonds. The number of fused-ring (bicyclic) bond motifs is 2. The van der Waals surface area contributed by atoms with Crippen LogP contribution in [-0.2, 0) is 26.3 Å². The molecule has 0 N–H and O–H groups in total. The number of carbonyl (C=O) groups excluding carboxylic acids is 2. The minimum atomic E-state index is -0.681. The summed E-state index contributed by atoms with van der Waals surface area (Å²) in [4.78, 5) is 26.3. The number of rotatable bonds is 5. The van der Waals surface area contributed by atoms with Gasteiger partial charge < -0.3 is 9.15 Å². The molecule has 42 heavy (non-hydrogen) atoms. The first-order chi connectivity index (χ1) is 19.5. The Hall–Kier alpha value is -2.59. The lowest BCUT2D eigenvalue weighted by molar-refractivity contribution is -0.133. The van der Waals surface area contributed by atoms with Crippen molar-refractivity contribution in [1.82, 2.24) is 10.2 Å². The SMILES string of the molecule is COCc1nnc([C@]23CCC(C)(C)CC2C[C@](C)([C@]2(C)CC[C@H]4C(C)(C)C(=O)C(C#N)=C[C@]4(C)/C2=C/C(C)=O)CC3)o1. The summed E-state index contributed by atoms with van der Waals surface area (Å²) in [6, 6.07) is 2.21. The van der Waals surface area contributed by atoms with Gasteiger partial charge in [-0.3, -0.25) is 9.59 Å². The molecule has 0 aliphatic heterocycles. The summed E-state index contributed by atoms with van der Waals surface area (Å²) >= 11 is 0. The van der Waals surface area contributed by atoms with Crippen LogP contribution in [0.25, 0.3) is 0 Å². The fraction of sp³-hybridized carbons (Fsp3) is 0.743. The first-order valence-corrected chi connectivity index (χ1v) is 15.7. The molecule has 3 saturated carbocycles. The van der Waals surface area contributed by atoms with E-state index in [1.165, 1.54) is 0 Å². The van der Waals surface area contributed by atoms with Crippen molar-refractivity contribution in [3.8, 4) is 6.07 Å². The van der Waals surface area contributed by atoms with Crippen LogP contribution in [0.3, 0.4) is 0 Å². The third-order valence-electron chi connectivity index (χ3n) is 12.6. The van der Waals surface area contributed by atoms with Crippen LogP contribution in [-0.4, -0.2) is 28.9 Å². The highest BCUT2D eigenvalue weighted by atomic mass is 16.5. The van der Waals surface area contributed by atoms with Crippen LogP contribution in [0.5, 0.6) is 0 Å². The molecule has 7 heteroatoms. The van der Waals surface area contributed by atoms with Crippen LogP contribution < -0.4 is 0 Å². The molecule has 6 atom stereocenters. The molecule has 4 aliphatic rings. The molecule has 0 spiro atoms. The Bertz CT molecular complexity index is 1390. The van der Waals surface area contributed by atoms with Crippen molar-refractivity contribution in [1.29, 1.82) is 5.26 Å². The van der Waals surface area contributed by atoms with E-state index in [0.29, 0.717) is 18.4 Å². The number of carbonyl (C=O) groups is 2. The van der Waals surface area contributed by atoms with Crippen LogP contribution in [0.2, 0.25) is 0 Å². The van der Waals surface area contributed by atoms with Crippen LogP contribution >= 0.6 is 0 Å². The van der Waals surface area contributed by atoms with Gasteiger partial charge in [-0.25, -0.2) is 0 Å². The van der Waals surface area contributed by atoms with Gasteiger partial charge >= 0.3 is 0 Å². The number of ketones is 2. The van der Waals surface area contributed by atoms with E-state index in [2.05, 4.69) is 50.9 Å². The molecule has 1 heterocycles. The predicted molar refractivity (Wildman–Crippen MR) is 160 cm³/mol.